The molecule has 0 aliphatic carbocycles. The van der Waals surface area contributed by atoms with Crippen LogP contribution in [-0.2, 0) is 0 Å². The van der Waals surface area contributed by atoms with Gasteiger partial charge in [0.05, 0.1) is 0 Å². The van der Waals surface area contributed by atoms with Crippen LogP contribution in [0.25, 0.3) is 0 Å². The maximum absolute atomic E-state index is 3.78. The van der Waals surface area contributed by atoms with Crippen molar-refractivity contribution in [3.8, 4) is 0 Å². The Labute approximate surface area is 103 Å². The lowest BCUT2D eigenvalue weighted by molar-refractivity contribution is 0.424. The molecule has 0 radical (unpaired) electrons. The van der Waals surface area contributed by atoms with Crippen LogP contribution in [-0.4, -0.2) is 5.33 Å². The standard InChI is InChI=1S/C12H16Br2/c1-9(2)11(8-13)12(14)10-6-4-3-5-7-10/h3-7,9,11-12H,8H2,1-2H3. The topological polar surface area (TPSA) is 0 Å². The zero-order chi connectivity index (χ0) is 10.6. The number of benzene rings is 1. The van der Waals surface area contributed by atoms with Gasteiger partial charge in [-0.05, 0) is 17.4 Å². The Bertz CT molecular complexity index is 256. The average Bonchev–Trinajstić information content (AvgIpc) is 2.19. The van der Waals surface area contributed by atoms with Crippen molar-refractivity contribution in [2.75, 3.05) is 5.33 Å². The molecule has 0 aromatic heterocycles. The summed E-state index contributed by atoms with van der Waals surface area (Å²) in [7, 11) is 0. The monoisotopic (exact) mass is 318 g/mol. The van der Waals surface area contributed by atoms with Crippen molar-refractivity contribution in [2.45, 2.75) is 18.7 Å². The predicted octanol–water partition coefficient (Wildman–Crippen LogP) is 4.79. The fourth-order valence-corrected chi connectivity index (χ4v) is 4.20. The van der Waals surface area contributed by atoms with Gasteiger partial charge in [-0.1, -0.05) is 76.0 Å². The molecule has 0 nitrogen and oxygen atoms in total. The highest BCUT2D eigenvalue weighted by molar-refractivity contribution is 9.09. The first-order chi connectivity index (χ1) is 6.66. The summed E-state index contributed by atoms with van der Waals surface area (Å²) in [5.74, 6) is 1.32. The molecule has 14 heavy (non-hydrogen) atoms. The van der Waals surface area contributed by atoms with Gasteiger partial charge in [-0.2, -0.15) is 0 Å². The lowest BCUT2D eigenvalue weighted by Gasteiger charge is -2.24. The lowest BCUT2D eigenvalue weighted by atomic mass is 9.91. The van der Waals surface area contributed by atoms with E-state index in [1.165, 1.54) is 5.56 Å². The summed E-state index contributed by atoms with van der Waals surface area (Å²) in [6, 6.07) is 10.6. The summed E-state index contributed by atoms with van der Waals surface area (Å²) < 4.78 is 0. The molecule has 2 atom stereocenters. The highest BCUT2D eigenvalue weighted by atomic mass is 79.9. The highest BCUT2D eigenvalue weighted by Gasteiger charge is 2.22. The van der Waals surface area contributed by atoms with Crippen molar-refractivity contribution >= 4 is 31.9 Å². The number of halogens is 2. The van der Waals surface area contributed by atoms with E-state index < -0.39 is 0 Å². The molecular weight excluding hydrogens is 304 g/mol. The second kappa shape index (κ2) is 5.92. The normalized spacial score (nSPS) is 15.5. The molecule has 0 aliphatic rings. The third-order valence-electron chi connectivity index (χ3n) is 2.53. The quantitative estimate of drug-likeness (QED) is 0.700. The van der Waals surface area contributed by atoms with E-state index in [1.54, 1.807) is 0 Å². The SMILES string of the molecule is CC(C)C(CBr)C(Br)c1ccccc1. The van der Waals surface area contributed by atoms with Gasteiger partial charge in [0.25, 0.3) is 0 Å². The summed E-state index contributed by atoms with van der Waals surface area (Å²) in [4.78, 5) is 0.447. The minimum Gasteiger partial charge on any atom is -0.0924 e. The second-order valence-electron chi connectivity index (χ2n) is 3.87. The summed E-state index contributed by atoms with van der Waals surface area (Å²) in [5.41, 5.74) is 1.37. The zero-order valence-electron chi connectivity index (χ0n) is 8.58. The van der Waals surface area contributed by atoms with Crippen LogP contribution >= 0.6 is 31.9 Å². The van der Waals surface area contributed by atoms with Crippen molar-refractivity contribution in [3.05, 3.63) is 35.9 Å². The molecule has 0 bridgehead atoms. The maximum atomic E-state index is 3.78. The van der Waals surface area contributed by atoms with Gasteiger partial charge in [0, 0.05) is 10.2 Å². The van der Waals surface area contributed by atoms with Crippen molar-refractivity contribution in [1.82, 2.24) is 0 Å². The van der Waals surface area contributed by atoms with E-state index in [0.717, 1.165) is 5.33 Å². The van der Waals surface area contributed by atoms with E-state index in [-0.39, 0.29) is 0 Å². The van der Waals surface area contributed by atoms with Crippen molar-refractivity contribution in [3.63, 3.8) is 0 Å². The zero-order valence-corrected chi connectivity index (χ0v) is 11.8. The van der Waals surface area contributed by atoms with Gasteiger partial charge in [-0.3, -0.25) is 0 Å². The van der Waals surface area contributed by atoms with Gasteiger partial charge in [0.1, 0.15) is 0 Å². The Morgan fingerprint density at radius 2 is 1.71 bits per heavy atom. The van der Waals surface area contributed by atoms with Crippen LogP contribution in [0.1, 0.15) is 24.2 Å². The van der Waals surface area contributed by atoms with E-state index in [4.69, 9.17) is 0 Å². The van der Waals surface area contributed by atoms with Crippen LogP contribution in [0.5, 0.6) is 0 Å². The van der Waals surface area contributed by atoms with Gasteiger partial charge >= 0.3 is 0 Å². The first-order valence-electron chi connectivity index (χ1n) is 4.91. The molecular formula is C12H16Br2. The first kappa shape index (κ1) is 12.3. The van der Waals surface area contributed by atoms with Crippen LogP contribution in [0, 0.1) is 11.8 Å². The number of hydrogen-bond donors (Lipinski definition) is 0. The van der Waals surface area contributed by atoms with Gasteiger partial charge in [-0.25, -0.2) is 0 Å². The number of alkyl halides is 2. The molecule has 78 valence electrons. The Morgan fingerprint density at radius 3 is 2.14 bits per heavy atom. The molecule has 2 unspecified atom stereocenters. The smallest absolute Gasteiger partial charge is 0.0433 e. The van der Waals surface area contributed by atoms with E-state index >= 15 is 0 Å². The molecule has 1 rings (SSSR count). The Kier molecular flexibility index (Phi) is 5.18. The first-order valence-corrected chi connectivity index (χ1v) is 6.95. The minimum atomic E-state index is 0.447. The Morgan fingerprint density at radius 1 is 1.14 bits per heavy atom. The molecule has 2 heteroatoms. The molecule has 0 amide bonds. The molecule has 0 fully saturated rings. The summed E-state index contributed by atoms with van der Waals surface area (Å²) >= 11 is 7.37. The molecule has 0 saturated carbocycles. The van der Waals surface area contributed by atoms with Crippen LogP contribution in [0.4, 0.5) is 0 Å². The Balaban J connectivity index is 2.78. The summed E-state index contributed by atoms with van der Waals surface area (Å²) in [6.07, 6.45) is 0. The van der Waals surface area contributed by atoms with Gasteiger partial charge in [-0.15, -0.1) is 0 Å². The third-order valence-corrected chi connectivity index (χ3v) is 4.48. The van der Waals surface area contributed by atoms with E-state index in [9.17, 15) is 0 Å². The molecule has 0 saturated heterocycles. The van der Waals surface area contributed by atoms with Crippen molar-refractivity contribution < 1.29 is 0 Å². The third kappa shape index (κ3) is 3.09. The largest absolute Gasteiger partial charge is 0.0924 e. The van der Waals surface area contributed by atoms with Crippen LogP contribution in [0.2, 0.25) is 0 Å². The van der Waals surface area contributed by atoms with Gasteiger partial charge in [0.2, 0.25) is 0 Å². The van der Waals surface area contributed by atoms with Crippen LogP contribution < -0.4 is 0 Å². The fourth-order valence-electron chi connectivity index (χ4n) is 1.48. The summed E-state index contributed by atoms with van der Waals surface area (Å²) in [5, 5.41) is 1.04. The molecule has 0 N–H and O–H groups in total. The van der Waals surface area contributed by atoms with Crippen LogP contribution in [0.15, 0.2) is 30.3 Å². The molecule has 1 aromatic rings. The average molecular weight is 320 g/mol. The highest BCUT2D eigenvalue weighted by Crippen LogP contribution is 2.36. The molecule has 0 aliphatic heterocycles. The summed E-state index contributed by atoms with van der Waals surface area (Å²) in [6.45, 7) is 4.53. The Hall–Kier alpha value is 0.180. The number of hydrogen-bond acceptors (Lipinski definition) is 0. The second-order valence-corrected chi connectivity index (χ2v) is 5.51. The number of rotatable bonds is 4. The predicted molar refractivity (Wildman–Crippen MR) is 70.2 cm³/mol. The van der Waals surface area contributed by atoms with E-state index in [1.807, 2.05) is 0 Å². The van der Waals surface area contributed by atoms with Gasteiger partial charge in [0.15, 0.2) is 0 Å². The van der Waals surface area contributed by atoms with E-state index in [0.29, 0.717) is 16.7 Å². The molecule has 0 heterocycles. The molecule has 0 spiro atoms. The fraction of sp³-hybridized carbons (Fsp3) is 0.500. The van der Waals surface area contributed by atoms with Crippen molar-refractivity contribution in [2.24, 2.45) is 11.8 Å². The van der Waals surface area contributed by atoms with Gasteiger partial charge < -0.3 is 0 Å². The maximum Gasteiger partial charge on any atom is 0.0433 e. The van der Waals surface area contributed by atoms with E-state index in [2.05, 4.69) is 76.0 Å². The molecule has 1 aromatic carbocycles. The van der Waals surface area contributed by atoms with Crippen molar-refractivity contribution in [1.29, 1.82) is 0 Å². The lowest BCUT2D eigenvalue weighted by Crippen LogP contribution is -2.15. The minimum absolute atomic E-state index is 0.447. The van der Waals surface area contributed by atoms with Crippen LogP contribution in [0.3, 0.4) is 0 Å².